The molecule has 0 amide bonds. The van der Waals surface area contributed by atoms with Crippen LogP contribution in [0.5, 0.6) is 0 Å². The van der Waals surface area contributed by atoms with Gasteiger partial charge in [-0.25, -0.2) is 18.1 Å². The quantitative estimate of drug-likeness (QED) is 0.871. The van der Waals surface area contributed by atoms with Gasteiger partial charge in [0.1, 0.15) is 10.7 Å². The van der Waals surface area contributed by atoms with Crippen LogP contribution in [0, 0.1) is 5.92 Å². The SMILES string of the molecule is Cn1cc(S(=O)(=O)NCC2CCn3ccnc3C2)cn1. The average Bonchev–Trinajstić information content (AvgIpc) is 3.04. The molecule has 20 heavy (non-hydrogen) atoms. The molecule has 0 aromatic carbocycles. The summed E-state index contributed by atoms with van der Waals surface area (Å²) >= 11 is 0. The Morgan fingerprint density at radius 3 is 3.10 bits per heavy atom. The molecule has 3 rings (SSSR count). The maximum atomic E-state index is 12.1. The van der Waals surface area contributed by atoms with Gasteiger partial charge in [-0.05, 0) is 12.3 Å². The summed E-state index contributed by atoms with van der Waals surface area (Å²) in [5.41, 5.74) is 0. The Bertz CT molecular complexity index is 703. The summed E-state index contributed by atoms with van der Waals surface area (Å²) in [5, 5.41) is 3.88. The van der Waals surface area contributed by atoms with Gasteiger partial charge in [-0.3, -0.25) is 4.68 Å². The lowest BCUT2D eigenvalue weighted by Crippen LogP contribution is -2.33. The molecule has 2 aromatic rings. The van der Waals surface area contributed by atoms with E-state index in [1.54, 1.807) is 13.2 Å². The predicted octanol–water partition coefficient (Wildman–Crippen LogP) is 0.157. The van der Waals surface area contributed by atoms with Crippen molar-refractivity contribution >= 4 is 10.0 Å². The minimum Gasteiger partial charge on any atom is -0.335 e. The zero-order chi connectivity index (χ0) is 14.2. The molecule has 0 fully saturated rings. The molecule has 0 aliphatic carbocycles. The number of nitrogens with one attached hydrogen (secondary N) is 1. The Kier molecular flexibility index (Phi) is 3.35. The third-order valence-electron chi connectivity index (χ3n) is 3.60. The van der Waals surface area contributed by atoms with E-state index in [2.05, 4.69) is 19.4 Å². The van der Waals surface area contributed by atoms with Crippen molar-refractivity contribution in [3.8, 4) is 0 Å². The van der Waals surface area contributed by atoms with Crippen molar-refractivity contribution in [3.63, 3.8) is 0 Å². The van der Waals surface area contributed by atoms with Crippen LogP contribution in [0.25, 0.3) is 0 Å². The smallest absolute Gasteiger partial charge is 0.243 e. The van der Waals surface area contributed by atoms with E-state index in [9.17, 15) is 8.42 Å². The van der Waals surface area contributed by atoms with E-state index in [1.165, 1.54) is 17.1 Å². The highest BCUT2D eigenvalue weighted by molar-refractivity contribution is 7.89. The third-order valence-corrected chi connectivity index (χ3v) is 4.98. The Morgan fingerprint density at radius 2 is 2.35 bits per heavy atom. The van der Waals surface area contributed by atoms with Gasteiger partial charge in [0, 0.05) is 45.1 Å². The molecule has 7 nitrogen and oxygen atoms in total. The van der Waals surface area contributed by atoms with Crippen molar-refractivity contribution in [2.45, 2.75) is 24.3 Å². The van der Waals surface area contributed by atoms with Crippen LogP contribution in [0.3, 0.4) is 0 Å². The molecule has 0 radical (unpaired) electrons. The molecular formula is C12H17N5O2S. The standard InChI is InChI=1S/C12H17N5O2S/c1-16-9-11(8-14-16)20(18,19)15-7-10-2-4-17-5-3-13-12(17)6-10/h3,5,8-10,15H,2,4,6-7H2,1H3. The topological polar surface area (TPSA) is 81.8 Å². The van der Waals surface area contributed by atoms with Gasteiger partial charge in [-0.15, -0.1) is 0 Å². The Morgan fingerprint density at radius 1 is 1.50 bits per heavy atom. The monoisotopic (exact) mass is 295 g/mol. The van der Waals surface area contributed by atoms with Gasteiger partial charge in [0.15, 0.2) is 0 Å². The summed E-state index contributed by atoms with van der Waals surface area (Å²) in [6, 6.07) is 0. The summed E-state index contributed by atoms with van der Waals surface area (Å²) in [7, 11) is -1.77. The highest BCUT2D eigenvalue weighted by atomic mass is 32.2. The number of sulfonamides is 1. The molecule has 0 saturated heterocycles. The second-order valence-electron chi connectivity index (χ2n) is 5.10. The van der Waals surface area contributed by atoms with E-state index < -0.39 is 10.0 Å². The lowest BCUT2D eigenvalue weighted by atomic mass is 9.98. The average molecular weight is 295 g/mol. The van der Waals surface area contributed by atoms with Gasteiger partial charge >= 0.3 is 0 Å². The Labute approximate surface area is 117 Å². The highest BCUT2D eigenvalue weighted by Crippen LogP contribution is 2.19. The third kappa shape index (κ3) is 2.61. The van der Waals surface area contributed by atoms with E-state index in [1.807, 2.05) is 6.20 Å². The Hall–Kier alpha value is -1.67. The maximum absolute atomic E-state index is 12.1. The lowest BCUT2D eigenvalue weighted by molar-refractivity contribution is 0.379. The first-order valence-corrected chi connectivity index (χ1v) is 8.01. The number of rotatable bonds is 4. The molecule has 2 aromatic heterocycles. The summed E-state index contributed by atoms with van der Waals surface area (Å²) in [6.45, 7) is 1.33. The van der Waals surface area contributed by atoms with Crippen LogP contribution in [0.2, 0.25) is 0 Å². The zero-order valence-electron chi connectivity index (χ0n) is 11.2. The zero-order valence-corrected chi connectivity index (χ0v) is 12.0. The number of fused-ring (bicyclic) bond motifs is 1. The molecule has 0 spiro atoms. The molecule has 8 heteroatoms. The number of imidazole rings is 1. The second kappa shape index (κ2) is 5.02. The summed E-state index contributed by atoms with van der Waals surface area (Å²) in [6.07, 6.45) is 8.37. The van der Waals surface area contributed by atoms with Crippen LogP contribution < -0.4 is 4.72 Å². The normalized spacial score (nSPS) is 18.9. The van der Waals surface area contributed by atoms with Gasteiger partial charge in [-0.2, -0.15) is 5.10 Å². The largest absolute Gasteiger partial charge is 0.335 e. The lowest BCUT2D eigenvalue weighted by Gasteiger charge is -2.23. The fraction of sp³-hybridized carbons (Fsp3) is 0.500. The number of hydrogen-bond donors (Lipinski definition) is 1. The highest BCUT2D eigenvalue weighted by Gasteiger charge is 2.22. The number of aryl methyl sites for hydroxylation is 2. The first kappa shape index (κ1) is 13.3. The van der Waals surface area contributed by atoms with Gasteiger partial charge in [0.25, 0.3) is 0 Å². The van der Waals surface area contributed by atoms with E-state index in [0.29, 0.717) is 6.54 Å². The fourth-order valence-electron chi connectivity index (χ4n) is 2.44. The number of hydrogen-bond acceptors (Lipinski definition) is 4. The van der Waals surface area contributed by atoms with Gasteiger partial charge in [0.2, 0.25) is 10.0 Å². The second-order valence-corrected chi connectivity index (χ2v) is 6.86. The van der Waals surface area contributed by atoms with Crippen LogP contribution in [-0.2, 0) is 30.0 Å². The maximum Gasteiger partial charge on any atom is 0.243 e. The predicted molar refractivity (Wildman–Crippen MR) is 72.4 cm³/mol. The number of nitrogens with zero attached hydrogens (tertiary/aromatic N) is 4. The molecule has 0 bridgehead atoms. The molecular weight excluding hydrogens is 278 g/mol. The summed E-state index contributed by atoms with van der Waals surface area (Å²) in [4.78, 5) is 4.49. The van der Waals surface area contributed by atoms with E-state index in [4.69, 9.17) is 0 Å². The van der Waals surface area contributed by atoms with Gasteiger partial charge in [0.05, 0.1) is 6.20 Å². The van der Waals surface area contributed by atoms with Crippen LogP contribution in [0.1, 0.15) is 12.2 Å². The van der Waals surface area contributed by atoms with Crippen molar-refractivity contribution in [2.24, 2.45) is 13.0 Å². The van der Waals surface area contributed by atoms with Crippen molar-refractivity contribution in [3.05, 3.63) is 30.6 Å². The Balaban J connectivity index is 1.63. The van der Waals surface area contributed by atoms with Crippen molar-refractivity contribution in [1.82, 2.24) is 24.1 Å². The van der Waals surface area contributed by atoms with Crippen LogP contribution in [0.15, 0.2) is 29.7 Å². The molecule has 1 aliphatic rings. The summed E-state index contributed by atoms with van der Waals surface area (Å²) in [5.74, 6) is 1.32. The van der Waals surface area contributed by atoms with Crippen molar-refractivity contribution in [1.29, 1.82) is 0 Å². The van der Waals surface area contributed by atoms with Crippen molar-refractivity contribution in [2.75, 3.05) is 6.54 Å². The van der Waals surface area contributed by atoms with Crippen LogP contribution in [-0.4, -0.2) is 34.3 Å². The van der Waals surface area contributed by atoms with E-state index in [0.717, 1.165) is 25.2 Å². The summed E-state index contributed by atoms with van der Waals surface area (Å²) < 4.78 is 30.5. The van der Waals surface area contributed by atoms with E-state index >= 15 is 0 Å². The molecule has 1 atom stereocenters. The first-order chi connectivity index (χ1) is 9.54. The molecule has 108 valence electrons. The minimum atomic E-state index is -3.46. The molecule has 3 heterocycles. The van der Waals surface area contributed by atoms with Crippen molar-refractivity contribution < 1.29 is 8.42 Å². The van der Waals surface area contributed by atoms with Crippen LogP contribution in [0.4, 0.5) is 0 Å². The number of aromatic nitrogens is 4. The molecule has 1 unspecified atom stereocenters. The van der Waals surface area contributed by atoms with Gasteiger partial charge in [-0.1, -0.05) is 0 Å². The van der Waals surface area contributed by atoms with Gasteiger partial charge < -0.3 is 4.57 Å². The minimum absolute atomic E-state index is 0.206. The molecule has 1 N–H and O–H groups in total. The first-order valence-electron chi connectivity index (χ1n) is 6.53. The molecule has 0 saturated carbocycles. The molecule has 1 aliphatic heterocycles. The fourth-order valence-corrected chi connectivity index (χ4v) is 3.54. The van der Waals surface area contributed by atoms with E-state index in [-0.39, 0.29) is 10.8 Å². The van der Waals surface area contributed by atoms with Crippen LogP contribution >= 0.6 is 0 Å².